The molecule has 1 N–H and O–H groups in total. The minimum atomic E-state index is -0.112. The monoisotopic (exact) mass is 654 g/mol. The van der Waals surface area contributed by atoms with Crippen molar-refractivity contribution in [3.05, 3.63) is 59.2 Å². The molecule has 2 heterocycles. The lowest BCUT2D eigenvalue weighted by Crippen LogP contribution is -2.69. The van der Waals surface area contributed by atoms with Gasteiger partial charge < -0.3 is 19.5 Å². The number of aliphatic hydroxyl groups excluding tert-OH is 1. The van der Waals surface area contributed by atoms with Gasteiger partial charge in [0.05, 0.1) is 19.3 Å². The Morgan fingerprint density at radius 3 is 2.58 bits per heavy atom. The topological polar surface area (TPSA) is 62.2 Å². The number of ether oxygens (including phenoxy) is 2. The van der Waals surface area contributed by atoms with Crippen molar-refractivity contribution in [1.29, 1.82) is 0 Å². The first-order valence-corrected chi connectivity index (χ1v) is 19.7. The third kappa shape index (κ3) is 6.08. The standard InChI is InChI=1S/C42H58N2O4/c1-47-37-22-19-31-25-35-33-20-21-34(41-42(33,39(31)40(37)48-41)23-24-43(35)28-32-26-36(32)45)44(27-30-16-10-6-11-17-30)38(46)18-12-4-2-3-7-13-29-14-8-5-9-15-29/h5,8-9,14-15,19,22,30,32-36,41,45H,2-4,6-7,10-13,16-18,20-21,23-28H2,1H3/t32?,33-,34+,35+,36?,41-,42-/m0/s1. The van der Waals surface area contributed by atoms with E-state index in [4.69, 9.17) is 9.47 Å². The van der Waals surface area contributed by atoms with Crippen LogP contribution in [0.15, 0.2) is 42.5 Å². The number of carbonyl (C=O) groups is 1. The molecule has 6 nitrogen and oxygen atoms in total. The van der Waals surface area contributed by atoms with Crippen LogP contribution in [0.3, 0.4) is 0 Å². The van der Waals surface area contributed by atoms with Crippen LogP contribution in [0.25, 0.3) is 0 Å². The van der Waals surface area contributed by atoms with E-state index in [1.165, 1.54) is 68.1 Å². The number of amides is 1. The van der Waals surface area contributed by atoms with E-state index >= 15 is 0 Å². The predicted molar refractivity (Wildman–Crippen MR) is 190 cm³/mol. The highest BCUT2D eigenvalue weighted by atomic mass is 16.5. The minimum Gasteiger partial charge on any atom is -0.493 e. The molecule has 3 saturated carbocycles. The number of rotatable bonds is 14. The molecule has 6 aliphatic rings. The maximum Gasteiger partial charge on any atom is 0.222 e. The summed E-state index contributed by atoms with van der Waals surface area (Å²) in [4.78, 5) is 19.5. The molecule has 0 radical (unpaired) electrons. The number of aliphatic hydroxyl groups is 1. The molecular formula is C42H58N2O4. The number of unbranched alkanes of at least 4 members (excludes halogenated alkanes) is 4. The fourth-order valence-corrected chi connectivity index (χ4v) is 11.0. The fraction of sp³-hybridized carbons (Fsp3) is 0.690. The number of aryl methyl sites for hydroxylation is 1. The van der Waals surface area contributed by atoms with E-state index in [0.717, 1.165) is 82.5 Å². The Balaban J connectivity index is 1.00. The summed E-state index contributed by atoms with van der Waals surface area (Å²) in [5.41, 5.74) is 4.21. The largest absolute Gasteiger partial charge is 0.493 e. The molecule has 2 aliphatic heterocycles. The first-order chi connectivity index (χ1) is 23.6. The molecule has 4 aliphatic carbocycles. The average Bonchev–Trinajstić information content (AvgIpc) is 3.70. The maximum absolute atomic E-state index is 14.4. The van der Waals surface area contributed by atoms with Gasteiger partial charge in [0.25, 0.3) is 0 Å². The quantitative estimate of drug-likeness (QED) is 0.214. The lowest BCUT2D eigenvalue weighted by Gasteiger charge is -2.60. The van der Waals surface area contributed by atoms with Crippen molar-refractivity contribution in [3.8, 4) is 11.5 Å². The molecular weight excluding hydrogens is 596 g/mol. The summed E-state index contributed by atoms with van der Waals surface area (Å²) in [6.45, 7) is 2.97. The second-order valence-corrected chi connectivity index (χ2v) is 16.3. The first kappa shape index (κ1) is 32.6. The summed E-state index contributed by atoms with van der Waals surface area (Å²) in [7, 11) is 1.77. The van der Waals surface area contributed by atoms with E-state index in [0.29, 0.717) is 36.1 Å². The highest BCUT2D eigenvalue weighted by Gasteiger charge is 2.67. The van der Waals surface area contributed by atoms with Gasteiger partial charge in [-0.05, 0) is 99.8 Å². The summed E-state index contributed by atoms with van der Waals surface area (Å²) >= 11 is 0. The summed E-state index contributed by atoms with van der Waals surface area (Å²) < 4.78 is 13.2. The molecule has 1 spiro atoms. The smallest absolute Gasteiger partial charge is 0.222 e. The van der Waals surface area contributed by atoms with Crippen LogP contribution >= 0.6 is 0 Å². The van der Waals surface area contributed by atoms with Crippen LogP contribution in [-0.2, 0) is 23.1 Å². The van der Waals surface area contributed by atoms with Crippen molar-refractivity contribution in [1.82, 2.24) is 9.80 Å². The lowest BCUT2D eigenvalue weighted by atomic mass is 9.51. The SMILES string of the molecule is COc1ccc2c3c1O[C@H]1[C@H](N(CC4CCCCC4)C(=O)CCCCCCCc4ccccc4)CC[C@H]4[C@@H](C2)N(CC2CC2O)CC[C@@]341. The van der Waals surface area contributed by atoms with E-state index in [2.05, 4.69) is 52.3 Å². The predicted octanol–water partition coefficient (Wildman–Crippen LogP) is 7.48. The Labute approximate surface area is 288 Å². The zero-order valence-corrected chi connectivity index (χ0v) is 29.3. The molecule has 4 fully saturated rings. The summed E-state index contributed by atoms with van der Waals surface area (Å²) in [6, 6.07) is 15.8. The summed E-state index contributed by atoms with van der Waals surface area (Å²) in [5.74, 6) is 3.76. The Kier molecular flexibility index (Phi) is 9.50. The molecule has 2 aromatic rings. The Morgan fingerprint density at radius 1 is 1.00 bits per heavy atom. The van der Waals surface area contributed by atoms with Crippen molar-refractivity contribution in [2.75, 3.05) is 26.7 Å². The van der Waals surface area contributed by atoms with Crippen LogP contribution in [0.2, 0.25) is 0 Å². The number of hydrogen-bond acceptors (Lipinski definition) is 5. The van der Waals surface area contributed by atoms with Gasteiger partial charge in [-0.25, -0.2) is 0 Å². The fourth-order valence-electron chi connectivity index (χ4n) is 11.0. The van der Waals surface area contributed by atoms with E-state index in [-0.39, 0.29) is 23.7 Å². The van der Waals surface area contributed by atoms with E-state index in [1.807, 2.05) is 0 Å². The van der Waals surface area contributed by atoms with Gasteiger partial charge in [-0.3, -0.25) is 9.69 Å². The van der Waals surface area contributed by atoms with Crippen LogP contribution in [0.1, 0.15) is 113 Å². The van der Waals surface area contributed by atoms with Gasteiger partial charge in [-0.2, -0.15) is 0 Å². The lowest BCUT2D eigenvalue weighted by molar-refractivity contribution is -0.144. The number of hydrogen-bond donors (Lipinski definition) is 1. The molecule has 0 aromatic heterocycles. The van der Waals surface area contributed by atoms with Gasteiger partial charge >= 0.3 is 0 Å². The molecule has 2 aromatic carbocycles. The molecule has 8 rings (SSSR count). The molecule has 2 bridgehead atoms. The molecule has 2 unspecified atom stereocenters. The van der Waals surface area contributed by atoms with Gasteiger partial charge in [-0.15, -0.1) is 0 Å². The van der Waals surface area contributed by atoms with Gasteiger partial charge in [0.15, 0.2) is 11.5 Å². The third-order valence-electron chi connectivity index (χ3n) is 13.6. The van der Waals surface area contributed by atoms with Crippen LogP contribution in [0, 0.1) is 17.8 Å². The number of carbonyl (C=O) groups excluding carboxylic acids is 1. The summed E-state index contributed by atoms with van der Waals surface area (Å²) in [5, 5.41) is 10.2. The molecule has 1 amide bonds. The van der Waals surface area contributed by atoms with Crippen molar-refractivity contribution >= 4 is 5.91 Å². The number of piperidine rings is 1. The van der Waals surface area contributed by atoms with Crippen molar-refractivity contribution in [3.63, 3.8) is 0 Å². The minimum absolute atomic E-state index is 0.0108. The summed E-state index contributed by atoms with van der Waals surface area (Å²) in [6.07, 6.45) is 19.1. The second kappa shape index (κ2) is 14.0. The zero-order valence-electron chi connectivity index (χ0n) is 29.3. The van der Waals surface area contributed by atoms with Crippen LogP contribution in [0.4, 0.5) is 0 Å². The molecule has 260 valence electrons. The van der Waals surface area contributed by atoms with Crippen LogP contribution < -0.4 is 9.47 Å². The van der Waals surface area contributed by atoms with Crippen molar-refractivity contribution < 1.29 is 19.4 Å². The van der Waals surface area contributed by atoms with Gasteiger partial charge in [0.1, 0.15) is 6.10 Å². The second-order valence-electron chi connectivity index (χ2n) is 16.3. The molecule has 7 atom stereocenters. The number of likely N-dealkylation sites (tertiary alicyclic amines) is 1. The van der Waals surface area contributed by atoms with Crippen LogP contribution in [-0.4, -0.2) is 71.8 Å². The van der Waals surface area contributed by atoms with Gasteiger partial charge in [0.2, 0.25) is 5.91 Å². The molecule has 6 heteroatoms. The number of benzene rings is 2. The normalized spacial score (nSPS) is 32.0. The van der Waals surface area contributed by atoms with Gasteiger partial charge in [-0.1, -0.05) is 74.9 Å². The van der Waals surface area contributed by atoms with E-state index in [1.54, 1.807) is 7.11 Å². The van der Waals surface area contributed by atoms with E-state index in [9.17, 15) is 9.90 Å². The molecule has 48 heavy (non-hydrogen) atoms. The Hall–Kier alpha value is -2.57. The third-order valence-corrected chi connectivity index (χ3v) is 13.6. The number of methoxy groups -OCH3 is 1. The Bertz CT molecular complexity index is 1420. The number of nitrogens with zero attached hydrogens (tertiary/aromatic N) is 2. The van der Waals surface area contributed by atoms with E-state index < -0.39 is 0 Å². The highest BCUT2D eigenvalue weighted by molar-refractivity contribution is 5.77. The Morgan fingerprint density at radius 2 is 1.79 bits per heavy atom. The van der Waals surface area contributed by atoms with Gasteiger partial charge in [0, 0.05) is 42.4 Å². The average molecular weight is 655 g/mol. The van der Waals surface area contributed by atoms with Crippen molar-refractivity contribution in [2.45, 2.75) is 139 Å². The first-order valence-electron chi connectivity index (χ1n) is 19.7. The maximum atomic E-state index is 14.4. The van der Waals surface area contributed by atoms with Crippen molar-refractivity contribution in [2.24, 2.45) is 17.8 Å². The molecule has 1 saturated heterocycles. The highest BCUT2D eigenvalue weighted by Crippen LogP contribution is 2.64. The van der Waals surface area contributed by atoms with Crippen LogP contribution in [0.5, 0.6) is 11.5 Å². The zero-order chi connectivity index (χ0) is 32.7.